The van der Waals surface area contributed by atoms with Crippen LogP contribution in [0.3, 0.4) is 0 Å². The quantitative estimate of drug-likeness (QED) is 0.791. The number of rotatable bonds is 4. The lowest BCUT2D eigenvalue weighted by Crippen LogP contribution is -2.24. The summed E-state index contributed by atoms with van der Waals surface area (Å²) in [5.41, 5.74) is 1.71. The Labute approximate surface area is 144 Å². The number of halogens is 1. The van der Waals surface area contributed by atoms with Crippen molar-refractivity contribution in [3.05, 3.63) is 71.9 Å². The minimum atomic E-state index is -0.454. The van der Waals surface area contributed by atoms with E-state index in [1.807, 2.05) is 41.3 Å². The van der Waals surface area contributed by atoms with Crippen molar-refractivity contribution in [3.8, 4) is 11.5 Å². The van der Waals surface area contributed by atoms with Gasteiger partial charge in [-0.25, -0.2) is 4.39 Å². The van der Waals surface area contributed by atoms with E-state index < -0.39 is 6.10 Å². The van der Waals surface area contributed by atoms with Crippen LogP contribution in [-0.4, -0.2) is 32.9 Å². The van der Waals surface area contributed by atoms with Gasteiger partial charge < -0.3 is 9.52 Å². The van der Waals surface area contributed by atoms with Crippen LogP contribution in [0.4, 0.5) is 4.39 Å². The van der Waals surface area contributed by atoms with E-state index in [2.05, 4.69) is 10.2 Å². The summed E-state index contributed by atoms with van der Waals surface area (Å²) >= 11 is 0. The molecule has 1 N–H and O–H groups in total. The van der Waals surface area contributed by atoms with Gasteiger partial charge >= 0.3 is 0 Å². The van der Waals surface area contributed by atoms with Gasteiger partial charge in [0.05, 0.1) is 12.6 Å². The van der Waals surface area contributed by atoms with Gasteiger partial charge in [0.25, 0.3) is 0 Å². The molecule has 5 nitrogen and oxygen atoms in total. The Morgan fingerprint density at radius 2 is 1.96 bits per heavy atom. The average Bonchev–Trinajstić information content (AvgIpc) is 3.23. The van der Waals surface area contributed by atoms with Crippen molar-refractivity contribution in [2.75, 3.05) is 6.54 Å². The first-order valence-corrected chi connectivity index (χ1v) is 8.24. The van der Waals surface area contributed by atoms with E-state index in [9.17, 15) is 9.50 Å². The molecule has 2 aromatic carbocycles. The Morgan fingerprint density at radius 3 is 2.76 bits per heavy atom. The number of aromatic nitrogens is 2. The average molecular weight is 339 g/mol. The van der Waals surface area contributed by atoms with Crippen LogP contribution in [0, 0.1) is 5.82 Å². The van der Waals surface area contributed by atoms with Crippen LogP contribution in [0.5, 0.6) is 0 Å². The molecule has 1 aliphatic rings. The molecule has 4 rings (SSSR count). The smallest absolute Gasteiger partial charge is 0.247 e. The van der Waals surface area contributed by atoms with E-state index in [1.54, 1.807) is 6.07 Å². The maximum absolute atomic E-state index is 13.5. The van der Waals surface area contributed by atoms with Crippen LogP contribution >= 0.6 is 0 Å². The lowest BCUT2D eigenvalue weighted by atomic mass is 10.0. The van der Waals surface area contributed by atoms with Crippen LogP contribution in [0.2, 0.25) is 0 Å². The molecule has 0 saturated carbocycles. The minimum Gasteiger partial charge on any atom is -0.419 e. The molecule has 3 aromatic rings. The Hall–Kier alpha value is -2.57. The number of likely N-dealkylation sites (tertiary alicyclic amines) is 1. The molecule has 0 bridgehead atoms. The summed E-state index contributed by atoms with van der Waals surface area (Å²) < 4.78 is 19.3. The maximum Gasteiger partial charge on any atom is 0.247 e. The fourth-order valence-corrected chi connectivity index (χ4v) is 3.30. The van der Waals surface area contributed by atoms with Crippen molar-refractivity contribution in [2.45, 2.75) is 25.1 Å². The number of hydrogen-bond donors (Lipinski definition) is 1. The zero-order valence-electron chi connectivity index (χ0n) is 13.5. The van der Waals surface area contributed by atoms with Gasteiger partial charge in [0.1, 0.15) is 5.82 Å². The Bertz CT molecular complexity index is 853. The van der Waals surface area contributed by atoms with Crippen molar-refractivity contribution in [1.82, 2.24) is 15.1 Å². The predicted molar refractivity (Wildman–Crippen MR) is 89.9 cm³/mol. The topological polar surface area (TPSA) is 62.4 Å². The highest BCUT2D eigenvalue weighted by Crippen LogP contribution is 2.33. The second kappa shape index (κ2) is 6.74. The Kier molecular flexibility index (Phi) is 4.29. The van der Waals surface area contributed by atoms with Crippen LogP contribution < -0.4 is 0 Å². The van der Waals surface area contributed by atoms with Gasteiger partial charge in [0.15, 0.2) is 0 Å². The summed E-state index contributed by atoms with van der Waals surface area (Å²) in [4.78, 5) is 2.04. The van der Waals surface area contributed by atoms with Crippen molar-refractivity contribution >= 4 is 0 Å². The zero-order chi connectivity index (χ0) is 17.2. The van der Waals surface area contributed by atoms with Gasteiger partial charge in [0, 0.05) is 18.2 Å². The highest BCUT2D eigenvalue weighted by atomic mass is 19.1. The van der Waals surface area contributed by atoms with E-state index in [4.69, 9.17) is 4.42 Å². The molecular weight excluding hydrogens is 321 g/mol. The Balaban J connectivity index is 1.54. The monoisotopic (exact) mass is 339 g/mol. The standard InChI is InChI=1S/C19H18FN3O2/c20-15-8-4-7-14(9-15)17-10-16(24)11-23(17)12-18-21-22-19(25-18)13-5-2-1-3-6-13/h1-9,16-17,24H,10-12H2/t16-,17-/m0/s1. The number of aliphatic hydroxyl groups excluding tert-OH is 1. The second-order valence-electron chi connectivity index (χ2n) is 6.26. The van der Waals surface area contributed by atoms with Crippen molar-refractivity contribution in [1.29, 1.82) is 0 Å². The first kappa shape index (κ1) is 15.9. The van der Waals surface area contributed by atoms with Gasteiger partial charge in [-0.15, -0.1) is 10.2 Å². The molecule has 1 aliphatic heterocycles. The summed E-state index contributed by atoms with van der Waals surface area (Å²) in [5, 5.41) is 18.3. The van der Waals surface area contributed by atoms with Crippen molar-refractivity contribution in [3.63, 3.8) is 0 Å². The number of nitrogens with zero attached hydrogens (tertiary/aromatic N) is 3. The van der Waals surface area contributed by atoms with E-state index in [0.29, 0.717) is 31.3 Å². The third-order valence-electron chi connectivity index (χ3n) is 4.44. The normalized spacial score (nSPS) is 20.9. The second-order valence-corrected chi connectivity index (χ2v) is 6.26. The van der Waals surface area contributed by atoms with Crippen LogP contribution in [-0.2, 0) is 6.54 Å². The molecule has 6 heteroatoms. The summed E-state index contributed by atoms with van der Waals surface area (Å²) in [7, 11) is 0. The first-order valence-electron chi connectivity index (χ1n) is 8.24. The predicted octanol–water partition coefficient (Wildman–Crippen LogP) is 3.18. The first-order chi connectivity index (χ1) is 12.2. The van der Waals surface area contributed by atoms with E-state index >= 15 is 0 Å². The van der Waals surface area contributed by atoms with Crippen molar-refractivity contribution in [2.24, 2.45) is 0 Å². The zero-order valence-corrected chi connectivity index (χ0v) is 13.5. The SMILES string of the molecule is O[C@H]1C[C@@H](c2cccc(F)c2)N(Cc2nnc(-c3ccccc3)o2)C1. The Morgan fingerprint density at radius 1 is 1.12 bits per heavy atom. The van der Waals surface area contributed by atoms with Gasteiger partial charge in [-0.05, 0) is 36.2 Å². The lowest BCUT2D eigenvalue weighted by molar-refractivity contribution is 0.167. The minimum absolute atomic E-state index is 0.0715. The number of aliphatic hydroxyl groups is 1. The van der Waals surface area contributed by atoms with E-state index in [-0.39, 0.29) is 11.9 Å². The summed E-state index contributed by atoms with van der Waals surface area (Å²) in [6.07, 6.45) is 0.105. The number of hydrogen-bond acceptors (Lipinski definition) is 5. The molecule has 1 saturated heterocycles. The molecule has 0 unspecified atom stereocenters. The molecule has 128 valence electrons. The van der Waals surface area contributed by atoms with Crippen LogP contribution in [0.15, 0.2) is 59.0 Å². The van der Waals surface area contributed by atoms with Gasteiger partial charge in [-0.2, -0.15) is 0 Å². The van der Waals surface area contributed by atoms with Crippen LogP contribution in [0.1, 0.15) is 23.9 Å². The number of β-amino-alcohol motifs (C(OH)–C–C–N with tert-alkyl or cyclic N) is 1. The molecule has 1 aromatic heterocycles. The van der Waals surface area contributed by atoms with Crippen LogP contribution in [0.25, 0.3) is 11.5 Å². The largest absolute Gasteiger partial charge is 0.419 e. The molecule has 25 heavy (non-hydrogen) atoms. The van der Waals surface area contributed by atoms with Crippen molar-refractivity contribution < 1.29 is 13.9 Å². The molecule has 0 aliphatic carbocycles. The van der Waals surface area contributed by atoms with Gasteiger partial charge in [-0.3, -0.25) is 4.90 Å². The van der Waals surface area contributed by atoms with E-state index in [1.165, 1.54) is 12.1 Å². The molecule has 0 radical (unpaired) electrons. The lowest BCUT2D eigenvalue weighted by Gasteiger charge is -2.22. The summed E-state index contributed by atoms with van der Waals surface area (Å²) in [6.45, 7) is 0.905. The van der Waals surface area contributed by atoms with Gasteiger partial charge in [0.2, 0.25) is 11.8 Å². The third-order valence-corrected chi connectivity index (χ3v) is 4.44. The number of benzene rings is 2. The molecule has 0 amide bonds. The molecule has 2 atom stereocenters. The van der Waals surface area contributed by atoms with Gasteiger partial charge in [-0.1, -0.05) is 30.3 Å². The highest BCUT2D eigenvalue weighted by molar-refractivity contribution is 5.51. The fourth-order valence-electron chi connectivity index (χ4n) is 3.30. The third kappa shape index (κ3) is 3.45. The molecule has 1 fully saturated rings. The fraction of sp³-hybridized carbons (Fsp3) is 0.263. The molecule has 2 heterocycles. The summed E-state index contributed by atoms with van der Waals surface area (Å²) in [6, 6.07) is 16.0. The van der Waals surface area contributed by atoms with E-state index in [0.717, 1.165) is 11.1 Å². The highest BCUT2D eigenvalue weighted by Gasteiger charge is 2.33. The summed E-state index contributed by atoms with van der Waals surface area (Å²) in [5.74, 6) is 0.676. The molecular formula is C19H18FN3O2. The molecule has 0 spiro atoms. The maximum atomic E-state index is 13.5.